The number of rotatable bonds is 2. The predicted molar refractivity (Wildman–Crippen MR) is 121 cm³/mol. The number of nitrogens with zero attached hydrogens (tertiary/aromatic N) is 3. The van der Waals surface area contributed by atoms with E-state index in [4.69, 9.17) is 0 Å². The van der Waals surface area contributed by atoms with Crippen molar-refractivity contribution < 1.29 is 4.57 Å². The van der Waals surface area contributed by atoms with Gasteiger partial charge in [-0.1, -0.05) is 54.6 Å². The van der Waals surface area contributed by atoms with Crippen molar-refractivity contribution in [2.45, 2.75) is 13.3 Å². The van der Waals surface area contributed by atoms with Gasteiger partial charge in [-0.15, -0.1) is 0 Å². The number of hydrogen-bond donors (Lipinski definition) is 0. The van der Waals surface area contributed by atoms with Crippen LogP contribution in [-0.2, 0) is 13.5 Å². The van der Waals surface area contributed by atoms with E-state index in [2.05, 4.69) is 107 Å². The number of aromatic nitrogens is 3. The highest BCUT2D eigenvalue weighted by atomic mass is 15.1. The van der Waals surface area contributed by atoms with Crippen molar-refractivity contribution in [1.82, 2.24) is 9.55 Å². The van der Waals surface area contributed by atoms with E-state index in [9.17, 15) is 0 Å². The molecule has 0 unspecified atom stereocenters. The number of fused-ring (bicyclic) bond motifs is 5. The summed E-state index contributed by atoms with van der Waals surface area (Å²) in [6.07, 6.45) is 4.87. The van der Waals surface area contributed by atoms with Crippen molar-refractivity contribution >= 4 is 10.9 Å². The summed E-state index contributed by atoms with van der Waals surface area (Å²) in [6.45, 7) is 2.20. The van der Waals surface area contributed by atoms with Crippen molar-refractivity contribution in [2.75, 3.05) is 0 Å². The van der Waals surface area contributed by atoms with Crippen LogP contribution < -0.4 is 4.57 Å². The van der Waals surface area contributed by atoms with E-state index in [-0.39, 0.29) is 0 Å². The second-order valence-corrected chi connectivity index (χ2v) is 8.04. The van der Waals surface area contributed by atoms with Crippen molar-refractivity contribution in [3.63, 3.8) is 0 Å². The van der Waals surface area contributed by atoms with Gasteiger partial charge in [0.1, 0.15) is 18.6 Å². The third-order valence-electron chi connectivity index (χ3n) is 6.33. The molecule has 0 spiro atoms. The van der Waals surface area contributed by atoms with Crippen LogP contribution in [0.25, 0.3) is 39.0 Å². The summed E-state index contributed by atoms with van der Waals surface area (Å²) in [5, 5.41) is 1.31. The van der Waals surface area contributed by atoms with Gasteiger partial charge in [0.25, 0.3) is 0 Å². The first kappa shape index (κ1) is 17.2. The Kier molecular flexibility index (Phi) is 3.66. The standard InChI is InChI=1S/C27H22N3/c1-18-12-13-20(19-8-4-3-5-9-19)16-22(18)26-27-23(17-25-28-14-15-30(25)27)21-10-6-7-11-24(21)29(26)2/h3-16H,17H2,1-2H3/q+1. The van der Waals surface area contributed by atoms with E-state index in [0.717, 1.165) is 12.2 Å². The fourth-order valence-electron chi connectivity index (χ4n) is 4.83. The van der Waals surface area contributed by atoms with Gasteiger partial charge in [0, 0.05) is 30.4 Å². The number of imidazole rings is 1. The van der Waals surface area contributed by atoms with E-state index in [0.29, 0.717) is 0 Å². The molecule has 6 rings (SSSR count). The van der Waals surface area contributed by atoms with Crippen LogP contribution in [0.4, 0.5) is 0 Å². The van der Waals surface area contributed by atoms with Gasteiger partial charge in [-0.25, -0.2) is 4.98 Å². The van der Waals surface area contributed by atoms with Crippen LogP contribution in [0.3, 0.4) is 0 Å². The summed E-state index contributed by atoms with van der Waals surface area (Å²) in [5.74, 6) is 1.11. The lowest BCUT2D eigenvalue weighted by molar-refractivity contribution is -0.633. The third kappa shape index (κ3) is 2.38. The lowest BCUT2D eigenvalue weighted by Gasteiger charge is -2.14. The van der Waals surface area contributed by atoms with Crippen LogP contribution in [0.1, 0.15) is 17.0 Å². The fraction of sp³-hybridized carbons (Fsp3) is 0.111. The van der Waals surface area contributed by atoms with E-state index in [1.54, 1.807) is 0 Å². The molecule has 30 heavy (non-hydrogen) atoms. The topological polar surface area (TPSA) is 21.7 Å². The molecule has 0 amide bonds. The fourth-order valence-corrected chi connectivity index (χ4v) is 4.83. The maximum Gasteiger partial charge on any atom is 0.237 e. The Morgan fingerprint density at radius 1 is 0.900 bits per heavy atom. The smallest absolute Gasteiger partial charge is 0.237 e. The highest BCUT2D eigenvalue weighted by molar-refractivity contribution is 5.89. The number of pyridine rings is 1. The maximum atomic E-state index is 4.62. The number of para-hydroxylation sites is 1. The van der Waals surface area contributed by atoms with Crippen molar-refractivity contribution in [3.8, 4) is 28.1 Å². The quantitative estimate of drug-likeness (QED) is 0.364. The second kappa shape index (κ2) is 6.39. The maximum absolute atomic E-state index is 4.62. The van der Waals surface area contributed by atoms with Crippen LogP contribution >= 0.6 is 0 Å². The first-order valence-corrected chi connectivity index (χ1v) is 10.3. The molecule has 0 N–H and O–H groups in total. The normalized spacial score (nSPS) is 12.2. The Labute approximate surface area is 175 Å². The van der Waals surface area contributed by atoms with Crippen molar-refractivity contribution in [3.05, 3.63) is 102 Å². The molecule has 1 aliphatic heterocycles. The molecule has 2 aromatic heterocycles. The van der Waals surface area contributed by atoms with Crippen molar-refractivity contribution in [2.24, 2.45) is 7.05 Å². The van der Waals surface area contributed by atoms with Crippen LogP contribution in [0.2, 0.25) is 0 Å². The highest BCUT2D eigenvalue weighted by Gasteiger charge is 2.32. The summed E-state index contributed by atoms with van der Waals surface area (Å²) >= 11 is 0. The number of hydrogen-bond acceptors (Lipinski definition) is 1. The van der Waals surface area contributed by atoms with Gasteiger partial charge in [0.15, 0.2) is 0 Å². The van der Waals surface area contributed by atoms with Gasteiger partial charge >= 0.3 is 0 Å². The average Bonchev–Trinajstić information content (AvgIpc) is 3.38. The lowest BCUT2D eigenvalue weighted by Crippen LogP contribution is -2.34. The Hall–Kier alpha value is -3.72. The molecule has 0 saturated heterocycles. The third-order valence-corrected chi connectivity index (χ3v) is 6.33. The molecule has 5 aromatic rings. The molecule has 3 heterocycles. The largest absolute Gasteiger partial charge is 0.297 e. The predicted octanol–water partition coefficient (Wildman–Crippen LogP) is 5.40. The van der Waals surface area contributed by atoms with E-state index in [1.165, 1.54) is 50.1 Å². The molecular formula is C27H22N3+. The molecule has 0 fully saturated rings. The van der Waals surface area contributed by atoms with Gasteiger partial charge in [-0.05, 0) is 35.7 Å². The first-order valence-electron chi connectivity index (χ1n) is 10.3. The zero-order valence-corrected chi connectivity index (χ0v) is 17.1. The van der Waals surface area contributed by atoms with Gasteiger partial charge < -0.3 is 0 Å². The van der Waals surface area contributed by atoms with Crippen LogP contribution in [0.15, 0.2) is 85.2 Å². The summed E-state index contributed by atoms with van der Waals surface area (Å²) in [5.41, 5.74) is 10.1. The molecule has 0 saturated carbocycles. The molecule has 1 aliphatic rings. The molecule has 0 bridgehead atoms. The molecular weight excluding hydrogens is 366 g/mol. The summed E-state index contributed by atoms with van der Waals surface area (Å²) in [4.78, 5) is 4.62. The van der Waals surface area contributed by atoms with Crippen molar-refractivity contribution in [1.29, 1.82) is 0 Å². The molecule has 144 valence electrons. The van der Waals surface area contributed by atoms with Gasteiger partial charge in [0.2, 0.25) is 11.2 Å². The zero-order valence-electron chi connectivity index (χ0n) is 17.1. The second-order valence-electron chi connectivity index (χ2n) is 8.04. The molecule has 0 atom stereocenters. The summed E-state index contributed by atoms with van der Waals surface area (Å²) in [6, 6.07) is 26.1. The van der Waals surface area contributed by atoms with Gasteiger partial charge in [-0.2, -0.15) is 4.57 Å². The minimum atomic E-state index is 0.869. The van der Waals surface area contributed by atoms with Crippen LogP contribution in [0, 0.1) is 6.92 Å². The Bertz CT molecular complexity index is 1430. The van der Waals surface area contributed by atoms with Crippen LogP contribution in [-0.4, -0.2) is 9.55 Å². The SMILES string of the molecule is Cc1ccc(-c2ccccc2)cc1-c1c2c(c3ccccc3[n+]1C)Cc1nccn1-2. The van der Waals surface area contributed by atoms with Gasteiger partial charge in [0.05, 0.1) is 10.9 Å². The minimum Gasteiger partial charge on any atom is -0.297 e. The number of aryl methyl sites for hydroxylation is 2. The van der Waals surface area contributed by atoms with Crippen LogP contribution in [0.5, 0.6) is 0 Å². The van der Waals surface area contributed by atoms with E-state index in [1.807, 2.05) is 6.20 Å². The highest BCUT2D eigenvalue weighted by Crippen LogP contribution is 2.39. The monoisotopic (exact) mass is 388 g/mol. The minimum absolute atomic E-state index is 0.869. The molecule has 3 heteroatoms. The lowest BCUT2D eigenvalue weighted by atomic mass is 9.94. The average molecular weight is 388 g/mol. The molecule has 0 aliphatic carbocycles. The zero-order chi connectivity index (χ0) is 20.2. The van der Waals surface area contributed by atoms with E-state index < -0.39 is 0 Å². The van der Waals surface area contributed by atoms with E-state index >= 15 is 0 Å². The molecule has 0 radical (unpaired) electrons. The number of benzene rings is 3. The Morgan fingerprint density at radius 2 is 1.70 bits per heavy atom. The molecule has 3 nitrogen and oxygen atoms in total. The van der Waals surface area contributed by atoms with Gasteiger partial charge in [-0.3, -0.25) is 4.57 Å². The molecule has 3 aromatic carbocycles. The summed E-state index contributed by atoms with van der Waals surface area (Å²) in [7, 11) is 2.18. The first-order chi connectivity index (χ1) is 14.7. The Morgan fingerprint density at radius 3 is 2.57 bits per heavy atom. The summed E-state index contributed by atoms with van der Waals surface area (Å²) < 4.78 is 4.62. The Balaban J connectivity index is 1.71.